The third-order valence-corrected chi connectivity index (χ3v) is 3.49. The van der Waals surface area contributed by atoms with Gasteiger partial charge in [0.15, 0.2) is 0 Å². The number of benzene rings is 2. The molecule has 0 fully saturated rings. The summed E-state index contributed by atoms with van der Waals surface area (Å²) in [5.41, 5.74) is 0.891. The van der Waals surface area contributed by atoms with Crippen molar-refractivity contribution in [2.24, 2.45) is 0 Å². The molecule has 0 spiro atoms. The van der Waals surface area contributed by atoms with Gasteiger partial charge in [-0.25, -0.2) is 0 Å². The third kappa shape index (κ3) is 3.05. The van der Waals surface area contributed by atoms with Crippen molar-refractivity contribution >= 4 is 34.1 Å². The van der Waals surface area contributed by atoms with Gasteiger partial charge in [0, 0.05) is 16.8 Å². The Labute approximate surface area is 130 Å². The molecule has 0 radical (unpaired) electrons. The summed E-state index contributed by atoms with van der Waals surface area (Å²) in [4.78, 5) is 0. The topological polar surface area (TPSA) is 45.4 Å². The van der Waals surface area contributed by atoms with Crippen molar-refractivity contribution in [3.05, 3.63) is 48.2 Å². The highest BCUT2D eigenvalue weighted by Gasteiger charge is 2.17. The molecule has 0 aliphatic heterocycles. The van der Waals surface area contributed by atoms with Crippen molar-refractivity contribution in [2.75, 3.05) is 6.61 Å². The van der Waals surface area contributed by atoms with Gasteiger partial charge in [-0.2, -0.15) is 0 Å². The van der Waals surface area contributed by atoms with Crippen LogP contribution in [0.5, 0.6) is 0 Å². The second kappa shape index (κ2) is 6.48. The van der Waals surface area contributed by atoms with Gasteiger partial charge in [-0.1, -0.05) is 50.2 Å². The summed E-state index contributed by atoms with van der Waals surface area (Å²) in [6.07, 6.45) is 0. The van der Waals surface area contributed by atoms with Crippen LogP contribution in [0.4, 0.5) is 0 Å². The van der Waals surface area contributed by atoms with E-state index in [1.54, 1.807) is 0 Å². The minimum Gasteiger partial charge on any atom is -0.459 e. The lowest BCUT2D eigenvalue weighted by molar-refractivity contribution is 0.221. The molecule has 2 aromatic carbocycles. The molecule has 3 nitrogen and oxygen atoms in total. The molecule has 1 heterocycles. The average molecular weight is 306 g/mol. The molecule has 0 bridgehead atoms. The number of hydrogen-bond donors (Lipinski definition) is 2. The van der Waals surface area contributed by atoms with Crippen molar-refractivity contribution in [3.63, 3.8) is 0 Å². The number of rotatable bonds is 4. The zero-order valence-corrected chi connectivity index (χ0v) is 13.0. The number of halogens is 1. The fourth-order valence-electron chi connectivity index (χ4n) is 2.59. The smallest absolute Gasteiger partial charge is 0.142 e. The average Bonchev–Trinajstić information content (AvgIpc) is 2.88. The molecule has 3 aromatic rings. The maximum Gasteiger partial charge on any atom is 0.142 e. The summed E-state index contributed by atoms with van der Waals surface area (Å²) >= 11 is 0. The molecule has 1 atom stereocenters. The fourth-order valence-corrected chi connectivity index (χ4v) is 2.59. The van der Waals surface area contributed by atoms with Crippen molar-refractivity contribution in [1.82, 2.24) is 5.32 Å². The molecule has 4 heteroatoms. The van der Waals surface area contributed by atoms with Gasteiger partial charge in [-0.05, 0) is 11.5 Å². The molecule has 0 saturated carbocycles. The SMILES string of the molecule is CC(C)NC(CO)c1cc2ccc3ccccc3c2o1.Cl. The molecular formula is C17H20ClNO2. The van der Waals surface area contributed by atoms with E-state index in [0.717, 1.165) is 22.1 Å². The Morgan fingerprint density at radius 1 is 1.10 bits per heavy atom. The molecule has 1 aromatic heterocycles. The zero-order chi connectivity index (χ0) is 14.1. The number of aliphatic hydroxyl groups excluding tert-OH is 1. The zero-order valence-electron chi connectivity index (χ0n) is 12.2. The second-order valence-corrected chi connectivity index (χ2v) is 5.41. The van der Waals surface area contributed by atoms with Crippen LogP contribution >= 0.6 is 12.4 Å². The Hall–Kier alpha value is -1.55. The number of hydrogen-bond acceptors (Lipinski definition) is 3. The van der Waals surface area contributed by atoms with Crippen molar-refractivity contribution in [2.45, 2.75) is 25.9 Å². The molecular weight excluding hydrogens is 286 g/mol. The Morgan fingerprint density at radius 3 is 2.52 bits per heavy atom. The highest BCUT2D eigenvalue weighted by molar-refractivity contribution is 6.04. The largest absolute Gasteiger partial charge is 0.459 e. The lowest BCUT2D eigenvalue weighted by Crippen LogP contribution is -2.30. The van der Waals surface area contributed by atoms with Gasteiger partial charge in [-0.15, -0.1) is 12.4 Å². The normalized spacial score (nSPS) is 12.8. The van der Waals surface area contributed by atoms with E-state index in [4.69, 9.17) is 4.42 Å². The van der Waals surface area contributed by atoms with Gasteiger partial charge in [0.1, 0.15) is 11.3 Å². The van der Waals surface area contributed by atoms with Crippen LogP contribution in [0.25, 0.3) is 21.7 Å². The van der Waals surface area contributed by atoms with Crippen molar-refractivity contribution in [3.8, 4) is 0 Å². The van der Waals surface area contributed by atoms with Crippen LogP contribution in [0.15, 0.2) is 46.9 Å². The first kappa shape index (κ1) is 15.8. The first-order chi connectivity index (χ1) is 9.69. The van der Waals surface area contributed by atoms with Crippen molar-refractivity contribution < 1.29 is 9.52 Å². The maximum absolute atomic E-state index is 9.54. The van der Waals surface area contributed by atoms with Gasteiger partial charge in [-0.3, -0.25) is 0 Å². The van der Waals surface area contributed by atoms with Crippen LogP contribution < -0.4 is 5.32 Å². The first-order valence-electron chi connectivity index (χ1n) is 6.97. The van der Waals surface area contributed by atoms with Crippen LogP contribution in [0.1, 0.15) is 25.6 Å². The van der Waals surface area contributed by atoms with E-state index in [9.17, 15) is 5.11 Å². The standard InChI is InChI=1S/C17H19NO2.ClH/c1-11(2)18-15(10-19)16-9-13-8-7-12-5-3-4-6-14(12)17(13)20-16;/h3-9,11,15,18-19H,10H2,1-2H3;1H. The second-order valence-electron chi connectivity index (χ2n) is 5.41. The van der Waals surface area contributed by atoms with E-state index in [2.05, 4.69) is 43.4 Å². The van der Waals surface area contributed by atoms with Gasteiger partial charge >= 0.3 is 0 Å². The van der Waals surface area contributed by atoms with Gasteiger partial charge in [0.25, 0.3) is 0 Å². The van der Waals surface area contributed by atoms with Gasteiger partial charge < -0.3 is 14.8 Å². The number of aliphatic hydroxyl groups is 1. The van der Waals surface area contributed by atoms with Gasteiger partial charge in [0.2, 0.25) is 0 Å². The molecule has 3 rings (SSSR count). The molecule has 112 valence electrons. The molecule has 0 aliphatic rings. The van der Waals surface area contributed by atoms with E-state index in [0.29, 0.717) is 0 Å². The van der Waals surface area contributed by atoms with E-state index in [1.165, 1.54) is 5.39 Å². The van der Waals surface area contributed by atoms with E-state index < -0.39 is 0 Å². The summed E-state index contributed by atoms with van der Waals surface area (Å²) in [5, 5.41) is 16.2. The molecule has 2 N–H and O–H groups in total. The quantitative estimate of drug-likeness (QED) is 0.764. The molecule has 0 saturated heterocycles. The first-order valence-corrected chi connectivity index (χ1v) is 6.97. The lowest BCUT2D eigenvalue weighted by Gasteiger charge is -2.16. The van der Waals surface area contributed by atoms with E-state index >= 15 is 0 Å². The summed E-state index contributed by atoms with van der Waals surface area (Å²) in [6.45, 7) is 4.14. The van der Waals surface area contributed by atoms with Gasteiger partial charge in [0.05, 0.1) is 12.6 Å². The van der Waals surface area contributed by atoms with E-state index in [1.807, 2.05) is 18.2 Å². The summed E-state index contributed by atoms with van der Waals surface area (Å²) in [5.74, 6) is 0.785. The Bertz CT molecular complexity index is 736. The maximum atomic E-state index is 9.54. The minimum atomic E-state index is -0.166. The highest BCUT2D eigenvalue weighted by Crippen LogP contribution is 2.30. The summed E-state index contributed by atoms with van der Waals surface area (Å²) in [7, 11) is 0. The van der Waals surface area contributed by atoms with Crippen LogP contribution in [-0.4, -0.2) is 17.8 Å². The Balaban J connectivity index is 0.00000161. The van der Waals surface area contributed by atoms with Crippen LogP contribution in [-0.2, 0) is 0 Å². The monoisotopic (exact) mass is 305 g/mol. The number of furan rings is 1. The summed E-state index contributed by atoms with van der Waals surface area (Å²) < 4.78 is 6.01. The summed E-state index contributed by atoms with van der Waals surface area (Å²) in [6, 6.07) is 14.5. The Morgan fingerprint density at radius 2 is 1.81 bits per heavy atom. The minimum absolute atomic E-state index is 0. The Kier molecular flexibility index (Phi) is 4.88. The van der Waals surface area contributed by atoms with E-state index in [-0.39, 0.29) is 31.1 Å². The van der Waals surface area contributed by atoms with Crippen molar-refractivity contribution in [1.29, 1.82) is 0 Å². The highest BCUT2D eigenvalue weighted by atomic mass is 35.5. The lowest BCUT2D eigenvalue weighted by atomic mass is 10.1. The van der Waals surface area contributed by atoms with Crippen LogP contribution in [0, 0.1) is 0 Å². The molecule has 0 amide bonds. The fraction of sp³-hybridized carbons (Fsp3) is 0.294. The molecule has 1 unspecified atom stereocenters. The predicted octanol–water partition coefficient (Wildman–Crippen LogP) is 4.04. The molecule has 21 heavy (non-hydrogen) atoms. The molecule has 0 aliphatic carbocycles. The van der Waals surface area contributed by atoms with Crippen LogP contribution in [0.2, 0.25) is 0 Å². The third-order valence-electron chi connectivity index (χ3n) is 3.49. The predicted molar refractivity (Wildman–Crippen MR) is 89.1 cm³/mol. The van der Waals surface area contributed by atoms with Crippen LogP contribution in [0.3, 0.4) is 0 Å². The number of fused-ring (bicyclic) bond motifs is 3. The number of nitrogens with one attached hydrogen (secondary N) is 1.